The van der Waals surface area contributed by atoms with E-state index in [1.54, 1.807) is 0 Å². The highest BCUT2D eigenvalue weighted by molar-refractivity contribution is 4.87. The van der Waals surface area contributed by atoms with Crippen molar-refractivity contribution in [3.05, 3.63) is 0 Å². The minimum atomic E-state index is -4.22. The van der Waals surface area contributed by atoms with Gasteiger partial charge in [-0.3, -0.25) is 0 Å². The average molecular weight is 254 g/mol. The van der Waals surface area contributed by atoms with Crippen molar-refractivity contribution >= 4 is 0 Å². The molecule has 1 aliphatic rings. The summed E-state index contributed by atoms with van der Waals surface area (Å²) in [4.78, 5) is 2.16. The van der Waals surface area contributed by atoms with Gasteiger partial charge in [-0.05, 0) is 25.4 Å². The van der Waals surface area contributed by atoms with Gasteiger partial charge in [0.25, 0.3) is 0 Å². The van der Waals surface area contributed by atoms with Crippen LogP contribution in [-0.4, -0.2) is 57.5 Å². The van der Waals surface area contributed by atoms with Crippen molar-refractivity contribution in [3.8, 4) is 0 Å². The van der Waals surface area contributed by atoms with Crippen LogP contribution in [0.3, 0.4) is 0 Å². The summed E-state index contributed by atoms with van der Waals surface area (Å²) in [6.07, 6.45) is -3.14. The van der Waals surface area contributed by atoms with Crippen molar-refractivity contribution in [1.29, 1.82) is 0 Å². The number of halogens is 3. The molecule has 1 atom stereocenters. The van der Waals surface area contributed by atoms with Crippen LogP contribution in [0.2, 0.25) is 0 Å². The van der Waals surface area contributed by atoms with Crippen LogP contribution < -0.4 is 5.32 Å². The normalized spacial score (nSPS) is 26.6. The van der Waals surface area contributed by atoms with Crippen molar-refractivity contribution in [2.75, 3.05) is 46.4 Å². The number of nitrogens with one attached hydrogen (secondary N) is 1. The Labute approximate surface area is 100 Å². The Kier molecular flexibility index (Phi) is 5.22. The molecule has 6 heteroatoms. The smallest absolute Gasteiger partial charge is 0.371 e. The van der Waals surface area contributed by atoms with Crippen LogP contribution in [0.1, 0.15) is 13.3 Å². The summed E-state index contributed by atoms with van der Waals surface area (Å²) in [5.74, 6) is 0. The monoisotopic (exact) mass is 254 g/mol. The fourth-order valence-electron chi connectivity index (χ4n) is 2.27. The summed E-state index contributed by atoms with van der Waals surface area (Å²) < 4.78 is 40.1. The molecule has 1 unspecified atom stereocenters. The van der Waals surface area contributed by atoms with Gasteiger partial charge in [-0.25, -0.2) is 0 Å². The molecule has 17 heavy (non-hydrogen) atoms. The number of hydrogen-bond donors (Lipinski definition) is 1. The van der Waals surface area contributed by atoms with E-state index in [0.29, 0.717) is 6.54 Å². The molecule has 0 aromatic rings. The topological polar surface area (TPSA) is 24.5 Å². The number of hydrogen-bond acceptors (Lipinski definition) is 3. The van der Waals surface area contributed by atoms with Crippen molar-refractivity contribution in [1.82, 2.24) is 10.2 Å². The predicted molar refractivity (Wildman–Crippen MR) is 60.0 cm³/mol. The number of alkyl halides is 3. The summed E-state index contributed by atoms with van der Waals surface area (Å²) >= 11 is 0. The lowest BCUT2D eigenvalue weighted by Gasteiger charge is -2.24. The highest BCUT2D eigenvalue weighted by Gasteiger charge is 2.33. The maximum Gasteiger partial charge on any atom is 0.411 e. The van der Waals surface area contributed by atoms with E-state index in [0.717, 1.165) is 26.1 Å². The first-order valence-electron chi connectivity index (χ1n) is 5.86. The van der Waals surface area contributed by atoms with Gasteiger partial charge < -0.3 is 15.0 Å². The van der Waals surface area contributed by atoms with E-state index in [1.807, 2.05) is 7.05 Å². The van der Waals surface area contributed by atoms with Gasteiger partial charge in [-0.1, -0.05) is 6.92 Å². The highest BCUT2D eigenvalue weighted by atomic mass is 19.4. The summed E-state index contributed by atoms with van der Waals surface area (Å²) in [6.45, 7) is 4.57. The first-order chi connectivity index (χ1) is 7.85. The summed E-state index contributed by atoms with van der Waals surface area (Å²) in [7, 11) is 1.92. The predicted octanol–water partition coefficient (Wildman–Crippen LogP) is 1.50. The standard InChI is InChI=1S/C11H21F3N2O/c1-10(7-15-2)3-4-16(8-10)5-6-17-9-11(12,13)14/h15H,3-9H2,1-2H3. The largest absolute Gasteiger partial charge is 0.411 e. The molecule has 0 bridgehead atoms. The lowest BCUT2D eigenvalue weighted by atomic mass is 9.90. The zero-order valence-corrected chi connectivity index (χ0v) is 10.4. The van der Waals surface area contributed by atoms with E-state index in [-0.39, 0.29) is 12.0 Å². The van der Waals surface area contributed by atoms with E-state index < -0.39 is 12.8 Å². The third-order valence-corrected chi connectivity index (χ3v) is 3.06. The quantitative estimate of drug-likeness (QED) is 0.727. The fourth-order valence-corrected chi connectivity index (χ4v) is 2.27. The zero-order valence-electron chi connectivity index (χ0n) is 10.4. The van der Waals surface area contributed by atoms with Crippen LogP contribution in [0, 0.1) is 5.41 Å². The lowest BCUT2D eigenvalue weighted by Crippen LogP contribution is -2.34. The molecule has 0 aromatic carbocycles. The SMILES string of the molecule is CNCC1(C)CCN(CCOCC(F)(F)F)C1. The Morgan fingerprint density at radius 1 is 1.41 bits per heavy atom. The highest BCUT2D eigenvalue weighted by Crippen LogP contribution is 2.28. The Hall–Kier alpha value is -0.330. The van der Waals surface area contributed by atoms with Gasteiger partial charge >= 0.3 is 6.18 Å². The number of rotatable bonds is 6. The first-order valence-corrected chi connectivity index (χ1v) is 5.86. The van der Waals surface area contributed by atoms with Gasteiger partial charge in [0.2, 0.25) is 0 Å². The summed E-state index contributed by atoms with van der Waals surface area (Å²) in [5.41, 5.74) is 0.235. The van der Waals surface area contributed by atoms with Crippen molar-refractivity contribution in [2.24, 2.45) is 5.41 Å². The van der Waals surface area contributed by atoms with Crippen LogP contribution >= 0.6 is 0 Å². The second-order valence-electron chi connectivity index (χ2n) is 5.03. The van der Waals surface area contributed by atoms with E-state index in [2.05, 4.69) is 21.9 Å². The molecule has 1 heterocycles. The molecule has 0 saturated carbocycles. The third-order valence-electron chi connectivity index (χ3n) is 3.06. The number of nitrogens with zero attached hydrogens (tertiary/aromatic N) is 1. The summed E-state index contributed by atoms with van der Waals surface area (Å²) in [6, 6.07) is 0. The Morgan fingerprint density at radius 3 is 2.71 bits per heavy atom. The van der Waals surface area contributed by atoms with Crippen LogP contribution in [0.4, 0.5) is 13.2 Å². The first kappa shape index (κ1) is 14.7. The summed E-state index contributed by atoms with van der Waals surface area (Å²) in [5, 5.41) is 3.15. The van der Waals surface area contributed by atoms with Crippen molar-refractivity contribution in [2.45, 2.75) is 19.5 Å². The zero-order chi connectivity index (χ0) is 12.9. The van der Waals surface area contributed by atoms with Crippen LogP contribution in [0.5, 0.6) is 0 Å². The molecular weight excluding hydrogens is 233 g/mol. The van der Waals surface area contributed by atoms with Gasteiger partial charge in [-0.15, -0.1) is 0 Å². The molecule has 1 aliphatic heterocycles. The Morgan fingerprint density at radius 2 is 2.12 bits per heavy atom. The molecule has 3 nitrogen and oxygen atoms in total. The van der Waals surface area contributed by atoms with Gasteiger partial charge in [-0.2, -0.15) is 13.2 Å². The maximum atomic E-state index is 11.8. The maximum absolute atomic E-state index is 11.8. The molecule has 0 aromatic heterocycles. The minimum Gasteiger partial charge on any atom is -0.371 e. The van der Waals surface area contributed by atoms with Crippen LogP contribution in [0.25, 0.3) is 0 Å². The molecule has 0 amide bonds. The number of ether oxygens (including phenoxy) is 1. The minimum absolute atomic E-state index is 0.148. The van der Waals surface area contributed by atoms with Crippen molar-refractivity contribution < 1.29 is 17.9 Å². The van der Waals surface area contributed by atoms with Crippen molar-refractivity contribution in [3.63, 3.8) is 0 Å². The fraction of sp³-hybridized carbons (Fsp3) is 1.00. The molecule has 1 rings (SSSR count). The van der Waals surface area contributed by atoms with E-state index in [9.17, 15) is 13.2 Å². The molecule has 102 valence electrons. The Bertz CT molecular complexity index is 235. The van der Waals surface area contributed by atoms with E-state index in [4.69, 9.17) is 0 Å². The van der Waals surface area contributed by atoms with Gasteiger partial charge in [0.1, 0.15) is 6.61 Å². The van der Waals surface area contributed by atoms with Gasteiger partial charge in [0.05, 0.1) is 6.61 Å². The van der Waals surface area contributed by atoms with Crippen LogP contribution in [-0.2, 0) is 4.74 Å². The molecule has 1 N–H and O–H groups in total. The second kappa shape index (κ2) is 6.02. The second-order valence-corrected chi connectivity index (χ2v) is 5.03. The molecular formula is C11H21F3N2O. The molecule has 0 radical (unpaired) electrons. The molecule has 0 spiro atoms. The average Bonchev–Trinajstić information content (AvgIpc) is 2.54. The Balaban J connectivity index is 2.14. The van der Waals surface area contributed by atoms with Gasteiger partial charge in [0.15, 0.2) is 0 Å². The van der Waals surface area contributed by atoms with Crippen LogP contribution in [0.15, 0.2) is 0 Å². The number of likely N-dealkylation sites (tertiary alicyclic amines) is 1. The molecule has 1 saturated heterocycles. The van der Waals surface area contributed by atoms with E-state index >= 15 is 0 Å². The molecule has 0 aliphatic carbocycles. The van der Waals surface area contributed by atoms with E-state index in [1.165, 1.54) is 0 Å². The van der Waals surface area contributed by atoms with Gasteiger partial charge in [0, 0.05) is 19.6 Å². The lowest BCUT2D eigenvalue weighted by molar-refractivity contribution is -0.174. The molecule has 1 fully saturated rings. The third kappa shape index (κ3) is 5.70.